The lowest BCUT2D eigenvalue weighted by atomic mass is 10.1. The molecule has 3 heteroatoms. The van der Waals surface area contributed by atoms with E-state index in [2.05, 4.69) is 41.3 Å². The number of carbonyl (C=O) groups excluding carboxylic acids is 1. The van der Waals surface area contributed by atoms with Gasteiger partial charge >= 0.3 is 0 Å². The topological polar surface area (TPSA) is 23.6 Å². The number of nitrogens with zero attached hydrogens (tertiary/aromatic N) is 2. The highest BCUT2D eigenvalue weighted by Crippen LogP contribution is 2.34. The number of amides is 1. The smallest absolute Gasteiger partial charge is 0.245 e. The van der Waals surface area contributed by atoms with Crippen LogP contribution in [0.3, 0.4) is 0 Å². The molecule has 2 aromatic rings. The fourth-order valence-corrected chi connectivity index (χ4v) is 3.66. The Morgan fingerprint density at radius 3 is 2.59 bits per heavy atom. The molecule has 1 atom stereocenters. The van der Waals surface area contributed by atoms with Crippen molar-refractivity contribution in [2.24, 2.45) is 0 Å². The molecule has 0 aliphatic carbocycles. The Labute approximate surface area is 131 Å². The van der Waals surface area contributed by atoms with Crippen LogP contribution in [-0.2, 0) is 17.8 Å². The van der Waals surface area contributed by atoms with Crippen LogP contribution in [0.4, 0.5) is 5.69 Å². The highest BCUT2D eigenvalue weighted by molar-refractivity contribution is 5.88. The Morgan fingerprint density at radius 1 is 0.955 bits per heavy atom. The quantitative estimate of drug-likeness (QED) is 0.850. The molecule has 4 rings (SSSR count). The van der Waals surface area contributed by atoms with Crippen molar-refractivity contribution in [2.45, 2.75) is 25.4 Å². The summed E-state index contributed by atoms with van der Waals surface area (Å²) in [5.41, 5.74) is 3.77. The number of carbonyl (C=O) groups is 1. The van der Waals surface area contributed by atoms with Gasteiger partial charge in [0.15, 0.2) is 0 Å². The number of para-hydroxylation sites is 1. The van der Waals surface area contributed by atoms with E-state index in [4.69, 9.17) is 0 Å². The van der Waals surface area contributed by atoms with Crippen LogP contribution in [0, 0.1) is 0 Å². The molecule has 0 aromatic heterocycles. The zero-order chi connectivity index (χ0) is 14.9. The molecule has 1 fully saturated rings. The van der Waals surface area contributed by atoms with Crippen molar-refractivity contribution >= 4 is 11.6 Å². The maximum Gasteiger partial charge on any atom is 0.245 e. The van der Waals surface area contributed by atoms with Crippen LogP contribution in [0.5, 0.6) is 0 Å². The maximum absolute atomic E-state index is 13.0. The van der Waals surface area contributed by atoms with Crippen LogP contribution >= 0.6 is 0 Å². The van der Waals surface area contributed by atoms with Crippen LogP contribution in [0.15, 0.2) is 54.6 Å². The third-order valence-corrected chi connectivity index (χ3v) is 4.73. The molecule has 0 spiro atoms. The number of rotatable bonds is 2. The largest absolute Gasteiger partial charge is 0.359 e. The lowest BCUT2D eigenvalue weighted by Gasteiger charge is -2.26. The number of benzene rings is 2. The molecule has 0 N–H and O–H groups in total. The molecule has 1 amide bonds. The van der Waals surface area contributed by atoms with E-state index in [1.54, 1.807) is 0 Å². The van der Waals surface area contributed by atoms with E-state index in [1.165, 1.54) is 16.8 Å². The molecule has 1 unspecified atom stereocenters. The van der Waals surface area contributed by atoms with Gasteiger partial charge in [0.2, 0.25) is 5.91 Å². The Bertz CT molecular complexity index is 683. The van der Waals surface area contributed by atoms with Crippen molar-refractivity contribution < 1.29 is 4.79 Å². The molecule has 2 heterocycles. The lowest BCUT2D eigenvalue weighted by Crippen LogP contribution is -2.44. The van der Waals surface area contributed by atoms with Crippen LogP contribution in [0.1, 0.15) is 17.5 Å². The van der Waals surface area contributed by atoms with Gasteiger partial charge in [0.1, 0.15) is 6.04 Å². The van der Waals surface area contributed by atoms with Gasteiger partial charge in [0, 0.05) is 31.7 Å². The Balaban J connectivity index is 1.58. The molecule has 2 aliphatic heterocycles. The minimum atomic E-state index is -0.0105. The maximum atomic E-state index is 13.0. The highest BCUT2D eigenvalue weighted by atomic mass is 16.2. The fourth-order valence-electron chi connectivity index (χ4n) is 3.66. The van der Waals surface area contributed by atoms with E-state index in [0.717, 1.165) is 32.5 Å². The molecule has 3 nitrogen and oxygen atoms in total. The number of anilines is 1. The van der Waals surface area contributed by atoms with Gasteiger partial charge in [-0.05, 0) is 23.6 Å². The minimum absolute atomic E-state index is 0.0105. The van der Waals surface area contributed by atoms with Crippen molar-refractivity contribution in [3.05, 3.63) is 65.7 Å². The van der Waals surface area contributed by atoms with E-state index in [1.807, 2.05) is 23.1 Å². The Kier molecular flexibility index (Phi) is 3.34. The Hall–Kier alpha value is -2.29. The molecule has 2 aromatic carbocycles. The van der Waals surface area contributed by atoms with E-state index < -0.39 is 0 Å². The first kappa shape index (κ1) is 13.4. The van der Waals surface area contributed by atoms with Crippen LogP contribution in [-0.4, -0.2) is 29.9 Å². The first-order valence-electron chi connectivity index (χ1n) is 8.00. The van der Waals surface area contributed by atoms with Gasteiger partial charge in [-0.3, -0.25) is 4.79 Å². The van der Waals surface area contributed by atoms with Crippen LogP contribution < -0.4 is 4.90 Å². The van der Waals surface area contributed by atoms with Gasteiger partial charge in [-0.2, -0.15) is 0 Å². The average molecular weight is 292 g/mol. The van der Waals surface area contributed by atoms with Crippen molar-refractivity contribution in [1.29, 1.82) is 0 Å². The zero-order valence-corrected chi connectivity index (χ0v) is 12.6. The van der Waals surface area contributed by atoms with Gasteiger partial charge in [0.25, 0.3) is 0 Å². The average Bonchev–Trinajstić information content (AvgIpc) is 2.86. The number of hydrogen-bond donors (Lipinski definition) is 0. The van der Waals surface area contributed by atoms with Crippen molar-refractivity contribution in [3.63, 3.8) is 0 Å². The summed E-state index contributed by atoms with van der Waals surface area (Å²) in [5.74, 6) is 0.276. The molecular formula is C19H20N2O. The summed E-state index contributed by atoms with van der Waals surface area (Å²) in [4.78, 5) is 17.3. The summed E-state index contributed by atoms with van der Waals surface area (Å²) in [6, 6.07) is 18.7. The van der Waals surface area contributed by atoms with Gasteiger partial charge in [-0.15, -0.1) is 0 Å². The van der Waals surface area contributed by atoms with Crippen molar-refractivity contribution in [1.82, 2.24) is 4.90 Å². The third kappa shape index (κ3) is 2.27. The van der Waals surface area contributed by atoms with Crippen molar-refractivity contribution in [3.8, 4) is 0 Å². The second-order valence-electron chi connectivity index (χ2n) is 6.14. The first-order chi connectivity index (χ1) is 10.8. The first-order valence-corrected chi connectivity index (χ1v) is 8.00. The van der Waals surface area contributed by atoms with E-state index in [-0.39, 0.29) is 11.9 Å². The van der Waals surface area contributed by atoms with Gasteiger partial charge in [0.05, 0.1) is 0 Å². The zero-order valence-electron chi connectivity index (χ0n) is 12.6. The van der Waals surface area contributed by atoms with Gasteiger partial charge in [-0.1, -0.05) is 48.5 Å². The highest BCUT2D eigenvalue weighted by Gasteiger charge is 2.38. The predicted molar refractivity (Wildman–Crippen MR) is 87.8 cm³/mol. The number of hydrogen-bond acceptors (Lipinski definition) is 2. The molecule has 0 bridgehead atoms. The van der Waals surface area contributed by atoms with E-state index >= 15 is 0 Å². The molecule has 0 saturated carbocycles. The van der Waals surface area contributed by atoms with E-state index in [9.17, 15) is 4.79 Å². The van der Waals surface area contributed by atoms with Crippen molar-refractivity contribution in [2.75, 3.05) is 18.0 Å². The molecule has 112 valence electrons. The molecule has 2 aliphatic rings. The van der Waals surface area contributed by atoms with Gasteiger partial charge < -0.3 is 9.80 Å². The molecule has 1 saturated heterocycles. The lowest BCUT2D eigenvalue weighted by molar-refractivity contribution is -0.132. The molecule has 22 heavy (non-hydrogen) atoms. The molecular weight excluding hydrogens is 272 g/mol. The second-order valence-corrected chi connectivity index (χ2v) is 6.14. The summed E-state index contributed by atoms with van der Waals surface area (Å²) in [6.45, 7) is 2.54. The second kappa shape index (κ2) is 5.48. The summed E-state index contributed by atoms with van der Waals surface area (Å²) in [5, 5.41) is 0. The van der Waals surface area contributed by atoms with Gasteiger partial charge in [-0.25, -0.2) is 0 Å². The Morgan fingerprint density at radius 2 is 1.73 bits per heavy atom. The summed E-state index contributed by atoms with van der Waals surface area (Å²) < 4.78 is 0. The summed E-state index contributed by atoms with van der Waals surface area (Å²) in [6.07, 6.45) is 1.88. The van der Waals surface area contributed by atoms with Crippen LogP contribution in [0.25, 0.3) is 0 Å². The number of fused-ring (bicyclic) bond motifs is 3. The fraction of sp³-hybridized carbons (Fsp3) is 0.316. The minimum Gasteiger partial charge on any atom is -0.359 e. The monoisotopic (exact) mass is 292 g/mol. The normalized spacial score (nSPS) is 20.5. The van der Waals surface area contributed by atoms with Crippen LogP contribution in [0.2, 0.25) is 0 Å². The predicted octanol–water partition coefficient (Wildman–Crippen LogP) is 2.85. The SMILES string of the molecule is O=C1C2Cc3ccccc3N2CCCN1Cc1ccccc1. The summed E-state index contributed by atoms with van der Waals surface area (Å²) in [7, 11) is 0. The summed E-state index contributed by atoms with van der Waals surface area (Å²) >= 11 is 0. The molecule has 0 radical (unpaired) electrons. The van der Waals surface area contributed by atoms with E-state index in [0.29, 0.717) is 0 Å². The standard InChI is InChI=1S/C19H20N2O/c22-19-18-13-16-9-4-5-10-17(16)21(18)12-6-11-20(19)14-15-7-2-1-3-8-15/h1-5,7-10,18H,6,11-14H2. The third-order valence-electron chi connectivity index (χ3n) is 4.73.